The lowest BCUT2D eigenvalue weighted by Gasteiger charge is -2.17. The van der Waals surface area contributed by atoms with Gasteiger partial charge in [-0.1, -0.05) is 17.7 Å². The van der Waals surface area contributed by atoms with Gasteiger partial charge >= 0.3 is 15.4 Å². The second kappa shape index (κ2) is 8.02. The van der Waals surface area contributed by atoms with Crippen LogP contribution < -0.4 is 5.73 Å². The number of hydrogen-bond donors (Lipinski definition) is 2. The van der Waals surface area contributed by atoms with Gasteiger partial charge in [-0.3, -0.25) is 13.6 Å². The molecule has 0 saturated heterocycles. The van der Waals surface area contributed by atoms with Gasteiger partial charge in [0.1, 0.15) is 6.73 Å². The first kappa shape index (κ1) is 17.7. The van der Waals surface area contributed by atoms with Gasteiger partial charge in [0.2, 0.25) is 0 Å². The average molecular weight is 299 g/mol. The van der Waals surface area contributed by atoms with E-state index in [-0.39, 0.29) is 6.61 Å². The first-order valence-corrected chi connectivity index (χ1v) is 8.31. The van der Waals surface area contributed by atoms with Crippen molar-refractivity contribution in [2.24, 2.45) is 5.73 Å². The Labute approximate surface area is 107 Å². The lowest BCUT2D eigenvalue weighted by atomic mass is 10.3. The van der Waals surface area contributed by atoms with Crippen LogP contribution in [0.3, 0.4) is 0 Å². The lowest BCUT2D eigenvalue weighted by Crippen LogP contribution is -2.06. The van der Waals surface area contributed by atoms with Crippen LogP contribution in [0.15, 0.2) is 23.5 Å². The fraction of sp³-hybridized carbons (Fsp3) is 0.556. The predicted octanol–water partition coefficient (Wildman–Crippen LogP) is 2.75. The lowest BCUT2D eigenvalue weighted by molar-refractivity contribution is 0.160. The summed E-state index contributed by atoms with van der Waals surface area (Å²) in [5, 5.41) is 0. The molecule has 0 radical (unpaired) electrons. The maximum atomic E-state index is 11.8. The number of phosphoric acid groups is 1. The van der Waals surface area contributed by atoms with Gasteiger partial charge in [0.25, 0.3) is 0 Å². The van der Waals surface area contributed by atoms with Crippen LogP contribution in [0.4, 0.5) is 0 Å². The average Bonchev–Trinajstić information content (AvgIpc) is 2.15. The number of rotatable bonds is 8. The van der Waals surface area contributed by atoms with Crippen molar-refractivity contribution in [2.75, 3.05) is 13.3 Å². The van der Waals surface area contributed by atoms with E-state index in [1.807, 2.05) is 13.8 Å². The van der Waals surface area contributed by atoms with Gasteiger partial charge in [-0.2, -0.15) is 0 Å². The van der Waals surface area contributed by atoms with Crippen molar-refractivity contribution in [3.8, 4) is 0 Å². The van der Waals surface area contributed by atoms with Gasteiger partial charge in [-0.25, -0.2) is 8.88 Å². The SMILES string of the molecule is CCOP(=O)(OCN)OP(=O)(O)/C=C/C=C(C)C. The van der Waals surface area contributed by atoms with Crippen LogP contribution >= 0.6 is 15.4 Å². The Bertz CT molecular complexity index is 392. The first-order chi connectivity index (χ1) is 8.24. The standard InChI is InChI=1S/C9H19NO6P2/c1-4-14-18(13,15-8-10)16-17(11,12)7-5-6-9(2)3/h5-7H,4,8,10H2,1-3H3,(H,11,12)/b7-5+. The van der Waals surface area contributed by atoms with E-state index in [2.05, 4.69) is 13.4 Å². The van der Waals surface area contributed by atoms with Gasteiger partial charge in [0, 0.05) is 5.82 Å². The van der Waals surface area contributed by atoms with Crippen LogP contribution in [0.25, 0.3) is 0 Å². The molecule has 7 nitrogen and oxygen atoms in total. The molecule has 0 fully saturated rings. The summed E-state index contributed by atoms with van der Waals surface area (Å²) in [5.74, 6) is 0.894. The van der Waals surface area contributed by atoms with E-state index < -0.39 is 22.1 Å². The van der Waals surface area contributed by atoms with Gasteiger partial charge in [0.15, 0.2) is 0 Å². The molecule has 18 heavy (non-hydrogen) atoms. The Morgan fingerprint density at radius 2 is 1.94 bits per heavy atom. The Morgan fingerprint density at radius 1 is 1.33 bits per heavy atom. The zero-order valence-electron chi connectivity index (χ0n) is 10.6. The first-order valence-electron chi connectivity index (χ1n) is 5.20. The molecule has 2 atom stereocenters. The van der Waals surface area contributed by atoms with Gasteiger partial charge in [-0.05, 0) is 20.8 Å². The zero-order valence-corrected chi connectivity index (χ0v) is 12.4. The second-order valence-electron chi connectivity index (χ2n) is 3.39. The monoisotopic (exact) mass is 299 g/mol. The minimum absolute atomic E-state index is 0.00500. The van der Waals surface area contributed by atoms with Crippen molar-refractivity contribution in [2.45, 2.75) is 20.8 Å². The fourth-order valence-corrected chi connectivity index (χ4v) is 3.47. The van der Waals surface area contributed by atoms with Crippen LogP contribution in [0, 0.1) is 0 Å². The molecular weight excluding hydrogens is 280 g/mol. The molecule has 0 aromatic carbocycles. The molecule has 0 aromatic rings. The van der Waals surface area contributed by atoms with Crippen LogP contribution in [0.5, 0.6) is 0 Å². The highest BCUT2D eigenvalue weighted by Gasteiger charge is 2.34. The molecule has 0 aliphatic heterocycles. The molecule has 2 unspecified atom stereocenters. The van der Waals surface area contributed by atoms with E-state index in [1.54, 1.807) is 6.08 Å². The maximum absolute atomic E-state index is 11.8. The summed E-state index contributed by atoms with van der Waals surface area (Å²) < 4.78 is 37.1. The minimum atomic E-state index is -4.22. The van der Waals surface area contributed by atoms with Gasteiger partial charge in [-0.15, -0.1) is 0 Å². The highest BCUT2D eigenvalue weighted by molar-refractivity contribution is 7.66. The van der Waals surface area contributed by atoms with Crippen LogP contribution in [-0.4, -0.2) is 18.2 Å². The number of phosphoric ester groups is 1. The van der Waals surface area contributed by atoms with Crippen molar-refractivity contribution in [3.63, 3.8) is 0 Å². The second-order valence-corrected chi connectivity index (χ2v) is 6.88. The zero-order chi connectivity index (χ0) is 14.2. The van der Waals surface area contributed by atoms with E-state index in [9.17, 15) is 14.0 Å². The Balaban J connectivity index is 4.81. The van der Waals surface area contributed by atoms with E-state index in [1.165, 1.54) is 13.0 Å². The predicted molar refractivity (Wildman–Crippen MR) is 68.9 cm³/mol. The summed E-state index contributed by atoms with van der Waals surface area (Å²) in [7, 11) is -8.34. The molecule has 0 amide bonds. The maximum Gasteiger partial charge on any atom is 0.483 e. The molecule has 0 aromatic heterocycles. The van der Waals surface area contributed by atoms with E-state index in [0.29, 0.717) is 0 Å². The highest BCUT2D eigenvalue weighted by Crippen LogP contribution is 2.63. The van der Waals surface area contributed by atoms with Gasteiger partial charge < -0.3 is 10.6 Å². The Kier molecular flexibility index (Phi) is 7.90. The quantitative estimate of drug-likeness (QED) is 0.403. The molecule has 0 rings (SSSR count). The molecule has 0 aliphatic rings. The molecule has 106 valence electrons. The molecule has 0 heterocycles. The fourth-order valence-electron chi connectivity index (χ4n) is 0.849. The Morgan fingerprint density at radius 3 is 2.39 bits per heavy atom. The normalized spacial score (nSPS) is 18.3. The highest BCUT2D eigenvalue weighted by atomic mass is 31.3. The number of allylic oxidation sites excluding steroid dienone is 3. The van der Waals surface area contributed by atoms with Crippen LogP contribution in [0.2, 0.25) is 0 Å². The molecular formula is C9H19NO6P2. The third kappa shape index (κ3) is 7.95. The summed E-state index contributed by atoms with van der Waals surface area (Å²) in [6.07, 6.45) is 2.93. The number of hydrogen-bond acceptors (Lipinski definition) is 6. The van der Waals surface area contributed by atoms with E-state index >= 15 is 0 Å². The molecule has 0 spiro atoms. The Hall–Kier alpha value is -0.260. The summed E-state index contributed by atoms with van der Waals surface area (Å²) in [4.78, 5) is 9.46. The van der Waals surface area contributed by atoms with E-state index in [0.717, 1.165) is 11.4 Å². The van der Waals surface area contributed by atoms with Crippen molar-refractivity contribution in [3.05, 3.63) is 23.5 Å². The smallest absolute Gasteiger partial charge is 0.321 e. The molecule has 3 N–H and O–H groups in total. The summed E-state index contributed by atoms with van der Waals surface area (Å²) in [6.45, 7) is 4.72. The van der Waals surface area contributed by atoms with Crippen LogP contribution in [-0.2, 0) is 22.5 Å². The summed E-state index contributed by atoms with van der Waals surface area (Å²) in [5.41, 5.74) is 5.98. The van der Waals surface area contributed by atoms with Crippen molar-refractivity contribution in [1.82, 2.24) is 0 Å². The minimum Gasteiger partial charge on any atom is -0.321 e. The van der Waals surface area contributed by atoms with E-state index in [4.69, 9.17) is 5.73 Å². The van der Waals surface area contributed by atoms with Crippen molar-refractivity contribution < 1.29 is 27.4 Å². The summed E-state index contributed by atoms with van der Waals surface area (Å²) in [6, 6.07) is 0. The molecule has 0 saturated carbocycles. The number of nitrogens with two attached hydrogens (primary N) is 1. The third-order valence-corrected chi connectivity index (χ3v) is 4.77. The van der Waals surface area contributed by atoms with Crippen molar-refractivity contribution >= 4 is 15.4 Å². The third-order valence-electron chi connectivity index (χ3n) is 1.44. The molecule has 0 bridgehead atoms. The summed E-state index contributed by atoms with van der Waals surface area (Å²) >= 11 is 0. The van der Waals surface area contributed by atoms with Crippen molar-refractivity contribution in [1.29, 1.82) is 0 Å². The van der Waals surface area contributed by atoms with Gasteiger partial charge in [0.05, 0.1) is 6.61 Å². The van der Waals surface area contributed by atoms with Crippen LogP contribution in [0.1, 0.15) is 20.8 Å². The topological polar surface area (TPSA) is 108 Å². The molecule has 0 aliphatic carbocycles. The largest absolute Gasteiger partial charge is 0.483 e. The molecule has 9 heteroatoms.